The molecule has 1 aromatic heterocycles. The van der Waals surface area contributed by atoms with E-state index in [0.29, 0.717) is 17.7 Å². The third-order valence-corrected chi connectivity index (χ3v) is 6.71. The van der Waals surface area contributed by atoms with E-state index >= 15 is 0 Å². The molecule has 5 rings (SSSR count). The molecule has 1 unspecified atom stereocenters. The lowest BCUT2D eigenvalue weighted by Crippen LogP contribution is -2.32. The zero-order chi connectivity index (χ0) is 20.3. The minimum Gasteiger partial charge on any atom is -0.438 e. The van der Waals surface area contributed by atoms with Crippen LogP contribution < -0.4 is 10.1 Å². The first kappa shape index (κ1) is 19.7. The second-order valence-electron chi connectivity index (χ2n) is 8.92. The number of rotatable bonds is 6. The highest BCUT2D eigenvalue weighted by molar-refractivity contribution is 5.37. The molecule has 3 atom stereocenters. The van der Waals surface area contributed by atoms with Crippen molar-refractivity contribution in [2.45, 2.75) is 31.7 Å². The van der Waals surface area contributed by atoms with E-state index in [1.165, 1.54) is 57.5 Å². The molecule has 0 bridgehead atoms. The van der Waals surface area contributed by atoms with Gasteiger partial charge in [0.25, 0.3) is 0 Å². The lowest BCUT2D eigenvalue weighted by Gasteiger charge is -2.27. The fraction of sp³-hybridized carbons (Fsp3) is 0.565. The molecule has 160 valence electrons. The summed E-state index contributed by atoms with van der Waals surface area (Å²) in [6.07, 6.45) is 4.83. The number of ether oxygens (including phenoxy) is 2. The lowest BCUT2D eigenvalue weighted by atomic mass is 10.00. The van der Waals surface area contributed by atoms with Crippen LogP contribution in [-0.4, -0.2) is 54.0 Å². The molecule has 0 spiro atoms. The van der Waals surface area contributed by atoms with Gasteiger partial charge in [0.05, 0.1) is 0 Å². The molecule has 3 aliphatic rings. The first-order chi connectivity index (χ1) is 14.7. The fourth-order valence-electron chi connectivity index (χ4n) is 5.24. The standard InChI is InChI=1S/C23H29FN4O2/c24-19-1-3-21(4-2-19)30-23-6-5-22(26-27-23)25-20-11-17-14-28(15-18(17)12-20)13-16-7-9-29-10-8-16/h1-6,16-18,20H,7-15H2,(H,25,26)/t17-,18?,20+/m0/s1. The summed E-state index contributed by atoms with van der Waals surface area (Å²) in [5, 5.41) is 12.0. The first-order valence-corrected chi connectivity index (χ1v) is 11.0. The smallest absolute Gasteiger partial charge is 0.238 e. The monoisotopic (exact) mass is 412 g/mol. The zero-order valence-electron chi connectivity index (χ0n) is 17.2. The number of halogens is 1. The Bertz CT molecular complexity index is 812. The summed E-state index contributed by atoms with van der Waals surface area (Å²) in [5.41, 5.74) is 0. The first-order valence-electron chi connectivity index (χ1n) is 11.0. The van der Waals surface area contributed by atoms with Crippen LogP contribution in [0.1, 0.15) is 25.7 Å². The Morgan fingerprint density at radius 3 is 2.40 bits per heavy atom. The quantitative estimate of drug-likeness (QED) is 0.775. The topological polar surface area (TPSA) is 59.5 Å². The Hall–Kier alpha value is -2.25. The van der Waals surface area contributed by atoms with E-state index in [-0.39, 0.29) is 5.82 Å². The molecular weight excluding hydrogens is 383 g/mol. The summed E-state index contributed by atoms with van der Waals surface area (Å²) < 4.78 is 24.1. The van der Waals surface area contributed by atoms with Crippen LogP contribution in [-0.2, 0) is 4.74 Å². The van der Waals surface area contributed by atoms with Gasteiger partial charge < -0.3 is 19.7 Å². The molecule has 1 saturated carbocycles. The van der Waals surface area contributed by atoms with Crippen molar-refractivity contribution >= 4 is 5.82 Å². The molecule has 6 nitrogen and oxygen atoms in total. The van der Waals surface area contributed by atoms with Gasteiger partial charge in [-0.15, -0.1) is 10.2 Å². The zero-order valence-corrected chi connectivity index (χ0v) is 17.2. The third kappa shape index (κ3) is 4.73. The number of benzene rings is 1. The Morgan fingerprint density at radius 1 is 1.00 bits per heavy atom. The fourth-order valence-corrected chi connectivity index (χ4v) is 5.24. The van der Waals surface area contributed by atoms with Gasteiger partial charge in [-0.05, 0) is 73.8 Å². The number of fused-ring (bicyclic) bond motifs is 1. The van der Waals surface area contributed by atoms with Crippen molar-refractivity contribution in [2.24, 2.45) is 17.8 Å². The predicted molar refractivity (Wildman–Crippen MR) is 112 cm³/mol. The Morgan fingerprint density at radius 2 is 1.73 bits per heavy atom. The van der Waals surface area contributed by atoms with Crippen LogP contribution in [0.25, 0.3) is 0 Å². The van der Waals surface area contributed by atoms with Crippen molar-refractivity contribution in [1.82, 2.24) is 15.1 Å². The van der Waals surface area contributed by atoms with Crippen molar-refractivity contribution < 1.29 is 13.9 Å². The van der Waals surface area contributed by atoms with Gasteiger partial charge in [0.1, 0.15) is 17.4 Å². The summed E-state index contributed by atoms with van der Waals surface area (Å²) >= 11 is 0. The van der Waals surface area contributed by atoms with Crippen LogP contribution in [0, 0.1) is 23.6 Å². The van der Waals surface area contributed by atoms with E-state index in [0.717, 1.165) is 36.8 Å². The van der Waals surface area contributed by atoms with E-state index in [2.05, 4.69) is 20.4 Å². The third-order valence-electron chi connectivity index (χ3n) is 6.71. The minimum absolute atomic E-state index is 0.291. The van der Waals surface area contributed by atoms with Crippen LogP contribution in [0.2, 0.25) is 0 Å². The Labute approximate surface area is 176 Å². The van der Waals surface area contributed by atoms with Gasteiger partial charge in [0.15, 0.2) is 0 Å². The average Bonchev–Trinajstić information content (AvgIpc) is 3.30. The second-order valence-corrected chi connectivity index (χ2v) is 8.92. The molecule has 2 aromatic rings. The van der Waals surface area contributed by atoms with E-state index in [9.17, 15) is 4.39 Å². The second kappa shape index (κ2) is 8.86. The maximum absolute atomic E-state index is 13.0. The molecule has 2 saturated heterocycles. The van der Waals surface area contributed by atoms with Crippen LogP contribution in [0.4, 0.5) is 10.2 Å². The van der Waals surface area contributed by atoms with Crippen LogP contribution in [0.15, 0.2) is 36.4 Å². The van der Waals surface area contributed by atoms with Crippen molar-refractivity contribution in [1.29, 1.82) is 0 Å². The van der Waals surface area contributed by atoms with E-state index in [1.807, 2.05) is 6.07 Å². The summed E-state index contributed by atoms with van der Waals surface area (Å²) in [6.45, 7) is 5.58. The highest BCUT2D eigenvalue weighted by Gasteiger charge is 2.41. The number of nitrogens with zero attached hydrogens (tertiary/aromatic N) is 3. The maximum atomic E-state index is 13.0. The number of likely N-dealkylation sites (tertiary alicyclic amines) is 1. The van der Waals surface area contributed by atoms with Gasteiger partial charge in [0, 0.05) is 45.0 Å². The summed E-state index contributed by atoms with van der Waals surface area (Å²) in [5.74, 6) is 3.83. The van der Waals surface area contributed by atoms with Crippen LogP contribution in [0.5, 0.6) is 11.6 Å². The van der Waals surface area contributed by atoms with Crippen molar-refractivity contribution in [3.63, 3.8) is 0 Å². The van der Waals surface area contributed by atoms with Gasteiger partial charge in [-0.1, -0.05) is 0 Å². The van der Waals surface area contributed by atoms with Gasteiger partial charge in [0.2, 0.25) is 5.88 Å². The maximum Gasteiger partial charge on any atom is 0.238 e. The minimum atomic E-state index is -0.291. The number of nitrogens with one attached hydrogen (secondary N) is 1. The summed E-state index contributed by atoms with van der Waals surface area (Å²) in [6, 6.07) is 10.0. The van der Waals surface area contributed by atoms with Crippen LogP contribution >= 0.6 is 0 Å². The number of aromatic nitrogens is 2. The van der Waals surface area contributed by atoms with Gasteiger partial charge in [-0.2, -0.15) is 0 Å². The molecule has 3 fully saturated rings. The number of hydrogen-bond donors (Lipinski definition) is 1. The van der Waals surface area contributed by atoms with Crippen molar-refractivity contribution in [3.05, 3.63) is 42.2 Å². The highest BCUT2D eigenvalue weighted by atomic mass is 19.1. The van der Waals surface area contributed by atoms with Crippen molar-refractivity contribution in [2.75, 3.05) is 38.2 Å². The van der Waals surface area contributed by atoms with E-state index < -0.39 is 0 Å². The normalized spacial score (nSPS) is 27.2. The molecule has 7 heteroatoms. The largest absolute Gasteiger partial charge is 0.438 e. The summed E-state index contributed by atoms with van der Waals surface area (Å²) in [4.78, 5) is 2.68. The Balaban J connectivity index is 1.09. The molecule has 1 aliphatic carbocycles. The average molecular weight is 413 g/mol. The van der Waals surface area contributed by atoms with Crippen LogP contribution in [0.3, 0.4) is 0 Å². The molecule has 0 amide bonds. The number of hydrogen-bond acceptors (Lipinski definition) is 6. The van der Waals surface area contributed by atoms with E-state index in [1.54, 1.807) is 18.2 Å². The number of anilines is 1. The van der Waals surface area contributed by atoms with Gasteiger partial charge >= 0.3 is 0 Å². The Kier molecular flexibility index (Phi) is 5.82. The SMILES string of the molecule is Fc1ccc(Oc2ccc(N[C@H]3CC4CN(CC5CCOCC5)C[C@@H]4C3)nn2)cc1. The predicted octanol–water partition coefficient (Wildman–Crippen LogP) is 3.96. The van der Waals surface area contributed by atoms with Crippen molar-refractivity contribution in [3.8, 4) is 11.6 Å². The lowest BCUT2D eigenvalue weighted by molar-refractivity contribution is 0.0545. The molecule has 2 aliphatic heterocycles. The molecular formula is C23H29FN4O2. The van der Waals surface area contributed by atoms with E-state index in [4.69, 9.17) is 9.47 Å². The molecule has 0 radical (unpaired) electrons. The molecule has 30 heavy (non-hydrogen) atoms. The molecule has 1 aromatic carbocycles. The molecule has 3 heterocycles. The van der Waals surface area contributed by atoms with Gasteiger partial charge in [-0.3, -0.25) is 0 Å². The molecule has 1 N–H and O–H groups in total. The summed E-state index contributed by atoms with van der Waals surface area (Å²) in [7, 11) is 0. The van der Waals surface area contributed by atoms with Gasteiger partial charge in [-0.25, -0.2) is 4.39 Å². The highest BCUT2D eigenvalue weighted by Crippen LogP contribution is 2.39.